The van der Waals surface area contributed by atoms with E-state index in [9.17, 15) is 4.89 Å². The van der Waals surface area contributed by atoms with Crippen LogP contribution >= 0.6 is 17.9 Å². The Hall–Kier alpha value is -0.640. The van der Waals surface area contributed by atoms with Gasteiger partial charge in [0.2, 0.25) is 5.69 Å². The summed E-state index contributed by atoms with van der Waals surface area (Å²) in [5, 5.41) is 0. The molecule has 0 aliphatic heterocycles. The van der Waals surface area contributed by atoms with Gasteiger partial charge >= 0.3 is 0 Å². The Morgan fingerprint density at radius 1 is 1.05 bits per heavy atom. The van der Waals surface area contributed by atoms with Gasteiger partial charge in [-0.1, -0.05) is 86.3 Å². The van der Waals surface area contributed by atoms with Crippen molar-refractivity contribution in [1.82, 2.24) is 0 Å². The topological polar surface area (TPSA) is 29.5 Å². The molecular weight excluding hydrogens is 319 g/mol. The molecule has 0 heterocycles. The minimum absolute atomic E-state index is 0.723. The van der Waals surface area contributed by atoms with Crippen LogP contribution in [0.5, 0.6) is 0 Å². The Balaban J connectivity index is 2.63. The zero-order chi connectivity index (χ0) is 15.3. The first-order valence-corrected chi connectivity index (χ1v) is 10.7. The van der Waals surface area contributed by atoms with E-state index in [0.717, 1.165) is 24.0 Å². The fourth-order valence-electron chi connectivity index (χ4n) is 2.58. The van der Waals surface area contributed by atoms with Crippen molar-refractivity contribution in [3.8, 4) is 0 Å². The maximum atomic E-state index is 10.1. The third-order valence-electron chi connectivity index (χ3n) is 3.36. The Morgan fingerprint density at radius 2 is 1.48 bits per heavy atom. The molecule has 0 saturated heterocycles. The molecule has 0 bridgehead atoms. The van der Waals surface area contributed by atoms with Crippen LogP contribution < -0.4 is 0 Å². The van der Waals surface area contributed by atoms with Gasteiger partial charge in [0.25, 0.3) is 0 Å². The van der Waals surface area contributed by atoms with Gasteiger partial charge in [0.1, 0.15) is 5.60 Å². The minimum Gasteiger partial charge on any atom is -0.338 e. The second-order valence-electron chi connectivity index (χ2n) is 4.89. The van der Waals surface area contributed by atoms with Crippen LogP contribution in [0, 0.1) is 0 Å². The van der Waals surface area contributed by atoms with E-state index in [4.69, 9.17) is 16.3 Å². The number of hydrogen-bond donors (Lipinski definition) is 2. The highest BCUT2D eigenvalue weighted by molar-refractivity contribution is 8.59. The van der Waals surface area contributed by atoms with Gasteiger partial charge < -0.3 is 9.42 Å². The SMILES string of the molecule is CCCC(OP(O)(=S)S)(c1ccccc1)c1ccccc1. The fraction of sp³-hybridized carbons (Fsp3) is 0.250. The molecule has 2 rings (SSSR count). The maximum Gasteiger partial charge on any atom is 0.242 e. The smallest absolute Gasteiger partial charge is 0.242 e. The van der Waals surface area contributed by atoms with Crippen molar-refractivity contribution in [1.29, 1.82) is 0 Å². The Morgan fingerprint density at radius 3 is 1.81 bits per heavy atom. The lowest BCUT2D eigenvalue weighted by Crippen LogP contribution is -2.29. The van der Waals surface area contributed by atoms with Crippen LogP contribution in [0.1, 0.15) is 30.9 Å². The quantitative estimate of drug-likeness (QED) is 0.580. The summed E-state index contributed by atoms with van der Waals surface area (Å²) < 4.78 is 5.98. The minimum atomic E-state index is -3.12. The fourth-order valence-corrected chi connectivity index (χ4v) is 4.08. The summed E-state index contributed by atoms with van der Waals surface area (Å²) in [5.74, 6) is 0. The Bertz CT molecular complexity index is 571. The summed E-state index contributed by atoms with van der Waals surface area (Å²) in [7, 11) is 0. The summed E-state index contributed by atoms with van der Waals surface area (Å²) in [6.45, 7) is 2.09. The van der Waals surface area contributed by atoms with Gasteiger partial charge in [0.15, 0.2) is 0 Å². The summed E-state index contributed by atoms with van der Waals surface area (Å²) in [4.78, 5) is 10.1. The molecular formula is C16H19O2PS2. The van der Waals surface area contributed by atoms with Crippen LogP contribution in [0.15, 0.2) is 60.7 Å². The molecule has 1 unspecified atom stereocenters. The van der Waals surface area contributed by atoms with Gasteiger partial charge in [-0.25, -0.2) is 0 Å². The molecule has 0 aromatic heterocycles. The van der Waals surface area contributed by atoms with Crippen LogP contribution in [0.3, 0.4) is 0 Å². The largest absolute Gasteiger partial charge is 0.338 e. The van der Waals surface area contributed by atoms with Crippen LogP contribution in [0.25, 0.3) is 0 Å². The maximum absolute atomic E-state index is 10.1. The van der Waals surface area contributed by atoms with Crippen LogP contribution in [-0.4, -0.2) is 4.89 Å². The highest BCUT2D eigenvalue weighted by Gasteiger charge is 2.38. The van der Waals surface area contributed by atoms with Gasteiger partial charge in [-0.05, 0) is 29.4 Å². The first-order chi connectivity index (χ1) is 9.98. The van der Waals surface area contributed by atoms with E-state index < -0.39 is 11.3 Å². The molecule has 2 aromatic carbocycles. The molecule has 2 nitrogen and oxygen atoms in total. The molecule has 21 heavy (non-hydrogen) atoms. The van der Waals surface area contributed by atoms with Crippen molar-refractivity contribution >= 4 is 29.7 Å². The van der Waals surface area contributed by atoms with Gasteiger partial charge in [-0.3, -0.25) is 0 Å². The number of benzene rings is 2. The monoisotopic (exact) mass is 338 g/mol. The summed E-state index contributed by atoms with van der Waals surface area (Å²) in [6.07, 6.45) is 1.62. The van der Waals surface area contributed by atoms with Gasteiger partial charge in [-0.15, -0.1) is 0 Å². The lowest BCUT2D eigenvalue weighted by molar-refractivity contribution is 0.106. The van der Waals surface area contributed by atoms with Crippen LogP contribution in [-0.2, 0) is 21.9 Å². The highest BCUT2D eigenvalue weighted by Crippen LogP contribution is 2.56. The third kappa shape index (κ3) is 4.18. The van der Waals surface area contributed by atoms with Gasteiger partial charge in [-0.2, -0.15) is 0 Å². The average Bonchev–Trinajstić information content (AvgIpc) is 2.47. The van der Waals surface area contributed by atoms with Crippen molar-refractivity contribution in [3.05, 3.63) is 71.8 Å². The standard InChI is InChI=1S/C16H19O2PS2/c1-2-13-16(18-19(17,20)21,14-9-5-3-6-10-14)15-11-7-4-8-12-15/h3-12H,2,13H2,1H3,(H2,17,20,21). The second-order valence-corrected chi connectivity index (χ2v) is 9.98. The third-order valence-corrected chi connectivity index (χ3v) is 4.38. The molecule has 112 valence electrons. The number of thiol groups is 1. The Kier molecular flexibility index (Phi) is 5.64. The van der Waals surface area contributed by atoms with Crippen molar-refractivity contribution in [3.63, 3.8) is 0 Å². The molecule has 0 amide bonds. The van der Waals surface area contributed by atoms with E-state index in [1.807, 2.05) is 60.7 Å². The highest BCUT2D eigenvalue weighted by atomic mass is 32.9. The molecule has 0 spiro atoms. The zero-order valence-electron chi connectivity index (χ0n) is 11.8. The molecule has 0 aliphatic carbocycles. The predicted molar refractivity (Wildman–Crippen MR) is 95.1 cm³/mol. The van der Waals surface area contributed by atoms with Crippen molar-refractivity contribution in [2.45, 2.75) is 25.4 Å². The Labute approximate surface area is 136 Å². The number of rotatable bonds is 6. The molecule has 0 fully saturated rings. The summed E-state index contributed by atoms with van der Waals surface area (Å²) >= 11 is 9.16. The van der Waals surface area contributed by atoms with E-state index in [1.54, 1.807) is 0 Å². The second kappa shape index (κ2) is 7.08. The lowest BCUT2D eigenvalue weighted by Gasteiger charge is -2.36. The molecule has 0 saturated carbocycles. The van der Waals surface area contributed by atoms with E-state index in [2.05, 4.69) is 19.2 Å². The first-order valence-electron chi connectivity index (χ1n) is 6.85. The summed E-state index contributed by atoms with van der Waals surface area (Å²) in [5.41, 5.74) is -1.92. The van der Waals surface area contributed by atoms with Gasteiger partial charge in [0.05, 0.1) is 0 Å². The summed E-state index contributed by atoms with van der Waals surface area (Å²) in [6, 6.07) is 19.8. The normalized spacial score (nSPS) is 14.6. The molecule has 0 aliphatic rings. The van der Waals surface area contributed by atoms with E-state index >= 15 is 0 Å². The van der Waals surface area contributed by atoms with Crippen LogP contribution in [0.2, 0.25) is 0 Å². The number of hydrogen-bond acceptors (Lipinski definition) is 2. The van der Waals surface area contributed by atoms with E-state index in [-0.39, 0.29) is 0 Å². The van der Waals surface area contributed by atoms with E-state index in [1.165, 1.54) is 0 Å². The van der Waals surface area contributed by atoms with Gasteiger partial charge in [0, 0.05) is 0 Å². The lowest BCUT2D eigenvalue weighted by atomic mass is 9.83. The van der Waals surface area contributed by atoms with Crippen molar-refractivity contribution in [2.24, 2.45) is 0 Å². The zero-order valence-corrected chi connectivity index (χ0v) is 14.5. The van der Waals surface area contributed by atoms with Crippen molar-refractivity contribution in [2.75, 3.05) is 0 Å². The predicted octanol–water partition coefficient (Wildman–Crippen LogP) is 4.89. The molecule has 0 radical (unpaired) electrons. The molecule has 1 atom stereocenters. The first kappa shape index (κ1) is 16.7. The molecule has 1 N–H and O–H groups in total. The van der Waals surface area contributed by atoms with Crippen LogP contribution in [0.4, 0.5) is 0 Å². The molecule has 2 aromatic rings. The molecule has 5 heteroatoms. The average molecular weight is 338 g/mol. The van der Waals surface area contributed by atoms with Crippen molar-refractivity contribution < 1.29 is 9.42 Å². The van der Waals surface area contributed by atoms with E-state index in [0.29, 0.717) is 0 Å².